The van der Waals surface area contributed by atoms with E-state index in [1.807, 2.05) is 0 Å². The zero-order valence-corrected chi connectivity index (χ0v) is 8.72. The largest absolute Gasteiger partial charge is 0.375 e. The highest BCUT2D eigenvalue weighted by Crippen LogP contribution is 2.25. The second kappa shape index (κ2) is 5.63. The molecule has 0 atom stereocenters. The lowest BCUT2D eigenvalue weighted by Gasteiger charge is -2.32. The Balaban J connectivity index is 2.17. The van der Waals surface area contributed by atoms with Gasteiger partial charge in [-0.3, -0.25) is 0 Å². The Morgan fingerprint density at radius 3 is 2.62 bits per heavy atom. The molecule has 0 aliphatic heterocycles. The average Bonchev–Trinajstić information content (AvgIpc) is 2.14. The highest BCUT2D eigenvalue weighted by atomic mass is 35.5. The lowest BCUT2D eigenvalue weighted by Crippen LogP contribution is -2.46. The van der Waals surface area contributed by atoms with E-state index >= 15 is 0 Å². The Kier molecular flexibility index (Phi) is 4.78. The SMILES string of the molecule is NC1(COCC=CCl)CCCCC1. The van der Waals surface area contributed by atoms with Crippen molar-refractivity contribution in [1.29, 1.82) is 0 Å². The Labute approximate surface area is 85.1 Å². The topological polar surface area (TPSA) is 35.2 Å². The van der Waals surface area contributed by atoms with Gasteiger partial charge in [0.2, 0.25) is 0 Å². The first-order chi connectivity index (χ1) is 6.27. The van der Waals surface area contributed by atoms with Gasteiger partial charge in [0, 0.05) is 11.1 Å². The van der Waals surface area contributed by atoms with E-state index in [0.29, 0.717) is 13.2 Å². The molecule has 1 rings (SSSR count). The molecular formula is C10H18ClNO. The van der Waals surface area contributed by atoms with E-state index in [1.165, 1.54) is 24.8 Å². The summed E-state index contributed by atoms with van der Waals surface area (Å²) in [4.78, 5) is 0. The molecule has 0 amide bonds. The minimum atomic E-state index is -0.0710. The van der Waals surface area contributed by atoms with Crippen molar-refractivity contribution in [3.8, 4) is 0 Å². The number of rotatable bonds is 4. The van der Waals surface area contributed by atoms with Gasteiger partial charge in [0.1, 0.15) is 0 Å². The van der Waals surface area contributed by atoms with Crippen molar-refractivity contribution in [1.82, 2.24) is 0 Å². The molecule has 76 valence electrons. The standard InChI is InChI=1S/C10H18ClNO/c11-7-4-8-13-9-10(12)5-2-1-3-6-10/h4,7H,1-3,5-6,8-9,12H2. The maximum Gasteiger partial charge on any atom is 0.0659 e. The number of nitrogens with two attached hydrogens (primary N) is 1. The van der Waals surface area contributed by atoms with E-state index in [1.54, 1.807) is 6.08 Å². The van der Waals surface area contributed by atoms with E-state index in [2.05, 4.69) is 0 Å². The molecule has 0 heterocycles. The minimum Gasteiger partial charge on any atom is -0.375 e. The van der Waals surface area contributed by atoms with E-state index < -0.39 is 0 Å². The molecule has 0 aromatic heterocycles. The highest BCUT2D eigenvalue weighted by molar-refractivity contribution is 6.25. The summed E-state index contributed by atoms with van der Waals surface area (Å²) in [6, 6.07) is 0. The molecule has 0 saturated heterocycles. The molecular weight excluding hydrogens is 186 g/mol. The van der Waals surface area contributed by atoms with Crippen LogP contribution in [0.15, 0.2) is 11.6 Å². The first-order valence-electron chi connectivity index (χ1n) is 4.89. The van der Waals surface area contributed by atoms with Gasteiger partial charge in [-0.1, -0.05) is 30.9 Å². The van der Waals surface area contributed by atoms with Crippen LogP contribution in [0.3, 0.4) is 0 Å². The first-order valence-corrected chi connectivity index (χ1v) is 5.32. The Morgan fingerprint density at radius 2 is 2.00 bits per heavy atom. The van der Waals surface area contributed by atoms with Crippen molar-refractivity contribution in [3.63, 3.8) is 0 Å². The van der Waals surface area contributed by atoms with Gasteiger partial charge < -0.3 is 10.5 Å². The number of hydrogen-bond donors (Lipinski definition) is 1. The molecule has 0 radical (unpaired) electrons. The van der Waals surface area contributed by atoms with Crippen LogP contribution in [0.2, 0.25) is 0 Å². The molecule has 2 nitrogen and oxygen atoms in total. The van der Waals surface area contributed by atoms with Crippen LogP contribution in [0.4, 0.5) is 0 Å². The lowest BCUT2D eigenvalue weighted by molar-refractivity contribution is 0.0856. The first kappa shape index (κ1) is 11.0. The van der Waals surface area contributed by atoms with Crippen molar-refractivity contribution < 1.29 is 4.74 Å². The van der Waals surface area contributed by atoms with Crippen LogP contribution < -0.4 is 5.73 Å². The molecule has 1 aliphatic carbocycles. The van der Waals surface area contributed by atoms with E-state index in [9.17, 15) is 0 Å². The van der Waals surface area contributed by atoms with Crippen molar-refractivity contribution in [3.05, 3.63) is 11.6 Å². The molecule has 0 unspecified atom stereocenters. The Hall–Kier alpha value is -0.0500. The fourth-order valence-electron chi connectivity index (χ4n) is 1.77. The molecule has 1 fully saturated rings. The van der Waals surface area contributed by atoms with Crippen LogP contribution in [0, 0.1) is 0 Å². The molecule has 1 saturated carbocycles. The quantitative estimate of drug-likeness (QED) is 0.713. The van der Waals surface area contributed by atoms with Gasteiger partial charge in [-0.2, -0.15) is 0 Å². The fraction of sp³-hybridized carbons (Fsp3) is 0.800. The van der Waals surface area contributed by atoms with Crippen LogP contribution in [0.25, 0.3) is 0 Å². The van der Waals surface area contributed by atoms with Crippen molar-refractivity contribution in [2.24, 2.45) is 5.73 Å². The van der Waals surface area contributed by atoms with Gasteiger partial charge in [-0.25, -0.2) is 0 Å². The van der Waals surface area contributed by atoms with Crippen LogP contribution in [-0.4, -0.2) is 18.8 Å². The van der Waals surface area contributed by atoms with E-state index in [0.717, 1.165) is 12.8 Å². The number of halogens is 1. The van der Waals surface area contributed by atoms with E-state index in [4.69, 9.17) is 22.1 Å². The molecule has 13 heavy (non-hydrogen) atoms. The lowest BCUT2D eigenvalue weighted by atomic mass is 9.83. The second-order valence-corrected chi connectivity index (χ2v) is 4.05. The van der Waals surface area contributed by atoms with Gasteiger partial charge in [0.15, 0.2) is 0 Å². The molecule has 0 spiro atoms. The zero-order chi connectivity index (χ0) is 9.57. The van der Waals surface area contributed by atoms with Gasteiger partial charge >= 0.3 is 0 Å². The second-order valence-electron chi connectivity index (χ2n) is 3.80. The van der Waals surface area contributed by atoms with Crippen molar-refractivity contribution in [2.45, 2.75) is 37.6 Å². The van der Waals surface area contributed by atoms with Crippen LogP contribution in [0.5, 0.6) is 0 Å². The molecule has 0 aromatic carbocycles. The van der Waals surface area contributed by atoms with E-state index in [-0.39, 0.29) is 5.54 Å². The smallest absolute Gasteiger partial charge is 0.0659 e. The summed E-state index contributed by atoms with van der Waals surface area (Å²) in [5, 5.41) is 0. The number of ether oxygens (including phenoxy) is 1. The summed E-state index contributed by atoms with van der Waals surface area (Å²) in [7, 11) is 0. The molecule has 0 bridgehead atoms. The maximum absolute atomic E-state index is 6.16. The van der Waals surface area contributed by atoms with Gasteiger partial charge in [-0.15, -0.1) is 0 Å². The monoisotopic (exact) mass is 203 g/mol. The Bertz CT molecular complexity index is 164. The third-order valence-corrected chi connectivity index (χ3v) is 2.72. The normalized spacial score (nSPS) is 22.3. The summed E-state index contributed by atoms with van der Waals surface area (Å²) < 4.78 is 5.42. The van der Waals surface area contributed by atoms with Crippen LogP contribution in [0.1, 0.15) is 32.1 Å². The van der Waals surface area contributed by atoms with Crippen LogP contribution in [-0.2, 0) is 4.74 Å². The minimum absolute atomic E-state index is 0.0710. The predicted octanol–water partition coefficient (Wildman–Crippen LogP) is 2.42. The van der Waals surface area contributed by atoms with Crippen molar-refractivity contribution >= 4 is 11.6 Å². The van der Waals surface area contributed by atoms with Gasteiger partial charge in [0.25, 0.3) is 0 Å². The maximum atomic E-state index is 6.16. The average molecular weight is 204 g/mol. The fourth-order valence-corrected chi connectivity index (χ4v) is 1.84. The highest BCUT2D eigenvalue weighted by Gasteiger charge is 2.27. The summed E-state index contributed by atoms with van der Waals surface area (Å²) in [5.41, 5.74) is 7.56. The van der Waals surface area contributed by atoms with Gasteiger partial charge in [0.05, 0.1) is 13.2 Å². The van der Waals surface area contributed by atoms with Crippen LogP contribution >= 0.6 is 11.6 Å². The van der Waals surface area contributed by atoms with Gasteiger partial charge in [-0.05, 0) is 18.9 Å². The molecule has 3 heteroatoms. The molecule has 1 aliphatic rings. The van der Waals surface area contributed by atoms with Crippen molar-refractivity contribution in [2.75, 3.05) is 13.2 Å². The molecule has 2 N–H and O–H groups in total. The summed E-state index contributed by atoms with van der Waals surface area (Å²) in [6.07, 6.45) is 7.78. The third kappa shape index (κ3) is 4.12. The third-order valence-electron chi connectivity index (χ3n) is 2.54. The molecule has 0 aromatic rings. The Morgan fingerprint density at radius 1 is 1.31 bits per heavy atom. The summed E-state index contributed by atoms with van der Waals surface area (Å²) in [5.74, 6) is 0. The predicted molar refractivity (Wildman–Crippen MR) is 55.8 cm³/mol. The zero-order valence-electron chi connectivity index (χ0n) is 7.97. The number of hydrogen-bond acceptors (Lipinski definition) is 2. The summed E-state index contributed by atoms with van der Waals surface area (Å²) >= 11 is 5.37. The summed E-state index contributed by atoms with van der Waals surface area (Å²) in [6.45, 7) is 1.23.